The Labute approximate surface area is 125 Å². The van der Waals surface area contributed by atoms with Crippen LogP contribution in [0.2, 0.25) is 0 Å². The molecule has 1 aromatic carbocycles. The summed E-state index contributed by atoms with van der Waals surface area (Å²) in [7, 11) is 0. The van der Waals surface area contributed by atoms with E-state index in [-0.39, 0.29) is 12.1 Å². The first kappa shape index (κ1) is 13.9. The number of benzene rings is 1. The zero-order chi connectivity index (χ0) is 14.7. The molecule has 0 bridgehead atoms. The smallest absolute Gasteiger partial charge is 0.320 e. The Hall–Kier alpha value is -2.04. The lowest BCUT2D eigenvalue weighted by Gasteiger charge is -2.34. The molecule has 0 spiro atoms. The van der Waals surface area contributed by atoms with Crippen molar-refractivity contribution in [3.8, 4) is 0 Å². The molecular formula is C16H21N3O2. The summed E-state index contributed by atoms with van der Waals surface area (Å²) in [4.78, 5) is 29.0. The van der Waals surface area contributed by atoms with Gasteiger partial charge < -0.3 is 14.7 Å². The Bertz CT molecular complexity index is 498. The van der Waals surface area contributed by atoms with E-state index in [1.54, 1.807) is 4.90 Å². The second kappa shape index (κ2) is 6.16. The van der Waals surface area contributed by atoms with E-state index in [2.05, 4.69) is 12.1 Å². The van der Waals surface area contributed by atoms with Crippen molar-refractivity contribution in [1.82, 2.24) is 14.7 Å². The van der Waals surface area contributed by atoms with Gasteiger partial charge in [0.2, 0.25) is 6.41 Å². The van der Waals surface area contributed by atoms with Crippen molar-refractivity contribution in [2.45, 2.75) is 25.4 Å². The minimum Gasteiger partial charge on any atom is -0.345 e. The lowest BCUT2D eigenvalue weighted by Crippen LogP contribution is -2.46. The summed E-state index contributed by atoms with van der Waals surface area (Å²) in [5, 5.41) is 0. The van der Waals surface area contributed by atoms with Gasteiger partial charge in [0, 0.05) is 38.8 Å². The molecule has 0 N–H and O–H groups in total. The molecule has 112 valence electrons. The molecule has 0 unspecified atom stereocenters. The number of rotatable bonds is 4. The maximum absolute atomic E-state index is 12.5. The number of likely N-dealkylation sites (tertiary alicyclic amines) is 1. The number of hydrogen-bond donors (Lipinski definition) is 0. The lowest BCUT2D eigenvalue weighted by atomic mass is 10.0. The van der Waals surface area contributed by atoms with Crippen molar-refractivity contribution < 1.29 is 9.59 Å². The summed E-state index contributed by atoms with van der Waals surface area (Å²) < 4.78 is 0. The second-order valence-electron chi connectivity index (χ2n) is 5.76. The molecule has 0 radical (unpaired) electrons. The Morgan fingerprint density at radius 2 is 1.76 bits per heavy atom. The fourth-order valence-corrected chi connectivity index (χ4v) is 3.19. The molecule has 1 aromatic rings. The predicted octanol–water partition coefficient (Wildman–Crippen LogP) is 1.54. The molecule has 0 aliphatic carbocycles. The number of urea groups is 1. The van der Waals surface area contributed by atoms with Gasteiger partial charge in [0.05, 0.1) is 0 Å². The van der Waals surface area contributed by atoms with Gasteiger partial charge in [0.15, 0.2) is 0 Å². The molecule has 5 nitrogen and oxygen atoms in total. The normalized spacial score (nSPS) is 20.2. The fraction of sp³-hybridized carbons (Fsp3) is 0.500. The van der Waals surface area contributed by atoms with Crippen molar-refractivity contribution >= 4 is 12.4 Å². The van der Waals surface area contributed by atoms with Crippen molar-refractivity contribution in [2.75, 3.05) is 26.2 Å². The summed E-state index contributed by atoms with van der Waals surface area (Å²) in [6.07, 6.45) is 2.69. The standard InChI is InChI=1S/C16H21N3O2/c20-13-17-8-6-15(7-9-17)19-11-10-18(16(19)21)12-14-4-2-1-3-5-14/h1-5,13,15H,6-12H2. The Morgan fingerprint density at radius 1 is 1.05 bits per heavy atom. The van der Waals surface area contributed by atoms with Gasteiger partial charge in [-0.1, -0.05) is 30.3 Å². The Balaban J connectivity index is 1.58. The third-order valence-corrected chi connectivity index (χ3v) is 4.43. The van der Waals surface area contributed by atoms with Gasteiger partial charge in [0.25, 0.3) is 0 Å². The van der Waals surface area contributed by atoms with Crippen molar-refractivity contribution in [3.63, 3.8) is 0 Å². The number of piperidine rings is 1. The summed E-state index contributed by atoms with van der Waals surface area (Å²) in [6, 6.07) is 10.5. The monoisotopic (exact) mass is 287 g/mol. The molecule has 21 heavy (non-hydrogen) atoms. The highest BCUT2D eigenvalue weighted by Crippen LogP contribution is 2.22. The Morgan fingerprint density at radius 3 is 2.43 bits per heavy atom. The van der Waals surface area contributed by atoms with E-state index in [1.165, 1.54) is 5.56 Å². The molecule has 2 heterocycles. The minimum atomic E-state index is 0.142. The molecule has 5 heteroatoms. The van der Waals surface area contributed by atoms with Crippen molar-refractivity contribution in [1.29, 1.82) is 0 Å². The average molecular weight is 287 g/mol. The predicted molar refractivity (Wildman–Crippen MR) is 79.6 cm³/mol. The molecule has 2 saturated heterocycles. The van der Waals surface area contributed by atoms with Crippen molar-refractivity contribution in [3.05, 3.63) is 35.9 Å². The maximum Gasteiger partial charge on any atom is 0.320 e. The summed E-state index contributed by atoms with van der Waals surface area (Å²) in [5.74, 6) is 0. The molecule has 2 aliphatic heterocycles. The third-order valence-electron chi connectivity index (χ3n) is 4.43. The largest absolute Gasteiger partial charge is 0.345 e. The first-order valence-corrected chi connectivity index (χ1v) is 7.57. The van der Waals surface area contributed by atoms with E-state index >= 15 is 0 Å². The first-order valence-electron chi connectivity index (χ1n) is 7.57. The van der Waals surface area contributed by atoms with Crippen LogP contribution in [0.15, 0.2) is 30.3 Å². The minimum absolute atomic E-state index is 0.142. The average Bonchev–Trinajstić information content (AvgIpc) is 2.89. The van der Waals surface area contributed by atoms with Crippen molar-refractivity contribution in [2.24, 2.45) is 0 Å². The highest BCUT2D eigenvalue weighted by Gasteiger charge is 2.34. The molecular weight excluding hydrogens is 266 g/mol. The van der Waals surface area contributed by atoms with Gasteiger partial charge >= 0.3 is 6.03 Å². The van der Waals surface area contributed by atoms with Crippen LogP contribution in [0.5, 0.6) is 0 Å². The summed E-state index contributed by atoms with van der Waals surface area (Å²) in [5.41, 5.74) is 1.17. The zero-order valence-corrected chi connectivity index (χ0v) is 12.1. The first-order chi connectivity index (χ1) is 10.3. The van der Waals surface area contributed by atoms with E-state index in [1.807, 2.05) is 28.0 Å². The highest BCUT2D eigenvalue weighted by molar-refractivity contribution is 5.77. The van der Waals surface area contributed by atoms with Crippen LogP contribution in [-0.2, 0) is 11.3 Å². The number of nitrogens with zero attached hydrogens (tertiary/aromatic N) is 3. The van der Waals surface area contributed by atoms with Crippen LogP contribution in [-0.4, -0.2) is 59.4 Å². The molecule has 0 atom stereocenters. The van der Waals surface area contributed by atoms with E-state index in [0.717, 1.165) is 45.4 Å². The van der Waals surface area contributed by atoms with Gasteiger partial charge in [0.1, 0.15) is 0 Å². The van der Waals surface area contributed by atoms with Gasteiger partial charge in [-0.25, -0.2) is 4.79 Å². The molecule has 0 aromatic heterocycles. The SMILES string of the molecule is O=CN1CCC(N2CCN(Cc3ccccc3)C2=O)CC1. The molecule has 3 rings (SSSR count). The topological polar surface area (TPSA) is 43.9 Å². The van der Waals surface area contributed by atoms with Crippen LogP contribution in [0.4, 0.5) is 4.79 Å². The van der Waals surface area contributed by atoms with Gasteiger partial charge in [-0.3, -0.25) is 4.79 Å². The summed E-state index contributed by atoms with van der Waals surface area (Å²) in [6.45, 7) is 3.80. The van der Waals surface area contributed by atoms with E-state index in [9.17, 15) is 9.59 Å². The van der Waals surface area contributed by atoms with Crippen LogP contribution in [0, 0.1) is 0 Å². The van der Waals surface area contributed by atoms with E-state index in [4.69, 9.17) is 0 Å². The molecule has 2 aliphatic rings. The molecule has 3 amide bonds. The molecule has 0 saturated carbocycles. The summed E-state index contributed by atoms with van der Waals surface area (Å²) >= 11 is 0. The Kier molecular flexibility index (Phi) is 4.08. The van der Waals surface area contributed by atoms with Crippen LogP contribution in [0.25, 0.3) is 0 Å². The van der Waals surface area contributed by atoms with Crippen LogP contribution in [0.3, 0.4) is 0 Å². The van der Waals surface area contributed by atoms with Gasteiger partial charge in [-0.15, -0.1) is 0 Å². The van der Waals surface area contributed by atoms with Gasteiger partial charge in [-0.05, 0) is 18.4 Å². The fourth-order valence-electron chi connectivity index (χ4n) is 3.19. The van der Waals surface area contributed by atoms with E-state index < -0.39 is 0 Å². The van der Waals surface area contributed by atoms with Crippen LogP contribution < -0.4 is 0 Å². The van der Waals surface area contributed by atoms with Gasteiger partial charge in [-0.2, -0.15) is 0 Å². The van der Waals surface area contributed by atoms with Crippen LogP contribution >= 0.6 is 0 Å². The second-order valence-corrected chi connectivity index (χ2v) is 5.76. The number of carbonyl (C=O) groups is 2. The lowest BCUT2D eigenvalue weighted by molar-refractivity contribution is -0.119. The molecule has 2 fully saturated rings. The number of carbonyl (C=O) groups excluding carboxylic acids is 2. The highest BCUT2D eigenvalue weighted by atomic mass is 16.2. The maximum atomic E-state index is 12.5. The quantitative estimate of drug-likeness (QED) is 0.789. The zero-order valence-electron chi connectivity index (χ0n) is 12.1. The number of hydrogen-bond acceptors (Lipinski definition) is 2. The number of amides is 3. The third kappa shape index (κ3) is 3.01. The van der Waals surface area contributed by atoms with E-state index in [0.29, 0.717) is 6.54 Å². The van der Waals surface area contributed by atoms with Crippen LogP contribution in [0.1, 0.15) is 18.4 Å².